The molecule has 0 saturated heterocycles. The number of hydrogen-bond donors (Lipinski definition) is 0. The van der Waals surface area contributed by atoms with Crippen LogP contribution < -0.4 is 0 Å². The summed E-state index contributed by atoms with van der Waals surface area (Å²) in [7, 11) is 0. The quantitative estimate of drug-likeness (QED) is 0.216. The van der Waals surface area contributed by atoms with Gasteiger partial charge in [-0.2, -0.15) is 0 Å². The van der Waals surface area contributed by atoms with Gasteiger partial charge >= 0.3 is 5.97 Å². The summed E-state index contributed by atoms with van der Waals surface area (Å²) in [5, 5.41) is 0. The molecule has 0 atom stereocenters. The van der Waals surface area contributed by atoms with E-state index in [9.17, 15) is 4.79 Å². The Labute approximate surface area is 79.3 Å². The molecule has 0 radical (unpaired) electrons. The third kappa shape index (κ3) is 8.42. The second-order valence-corrected chi connectivity index (χ2v) is 2.23. The summed E-state index contributed by atoms with van der Waals surface area (Å²) in [5.41, 5.74) is 0. The van der Waals surface area contributed by atoms with Gasteiger partial charge < -0.3 is 4.74 Å². The highest BCUT2D eigenvalue weighted by molar-refractivity contribution is 5.82. The van der Waals surface area contributed by atoms with Crippen molar-refractivity contribution >= 4 is 5.97 Å². The van der Waals surface area contributed by atoms with Gasteiger partial charge in [-0.3, -0.25) is 0 Å². The second kappa shape index (κ2) is 8.61. The monoisotopic (exact) mass is 178 g/mol. The maximum atomic E-state index is 10.7. The molecule has 0 aromatic carbocycles. The zero-order valence-electron chi connectivity index (χ0n) is 7.88. The molecule has 0 bridgehead atoms. The normalized spacial score (nSPS) is 9.00. The van der Waals surface area contributed by atoms with E-state index in [-0.39, 0.29) is 5.97 Å². The molecule has 0 unspecified atom stereocenters. The summed E-state index contributed by atoms with van der Waals surface area (Å²) >= 11 is 0. The fourth-order valence-corrected chi connectivity index (χ4v) is 0.605. The minimum Gasteiger partial charge on any atom is -0.463 e. The van der Waals surface area contributed by atoms with Crippen LogP contribution in [0.25, 0.3) is 0 Å². The topological polar surface area (TPSA) is 26.3 Å². The number of unbranched alkanes of at least 4 members (excludes halogenated alkanes) is 1. The highest BCUT2D eigenvalue weighted by Gasteiger charge is 1.89. The highest BCUT2D eigenvalue weighted by atomic mass is 16.5. The molecule has 0 aliphatic heterocycles. The van der Waals surface area contributed by atoms with Crippen LogP contribution in [0.3, 0.4) is 0 Å². The molecular formula is C11H14O2. The first-order valence-electron chi connectivity index (χ1n) is 4.23. The van der Waals surface area contributed by atoms with Gasteiger partial charge in [0.1, 0.15) is 0 Å². The van der Waals surface area contributed by atoms with Crippen LogP contribution in [0.4, 0.5) is 0 Å². The number of carbonyl (C=O) groups is 1. The molecule has 0 saturated carbocycles. The Morgan fingerprint density at radius 1 is 1.62 bits per heavy atom. The van der Waals surface area contributed by atoms with E-state index in [1.165, 1.54) is 12.2 Å². The van der Waals surface area contributed by atoms with Gasteiger partial charge in [0, 0.05) is 12.5 Å². The molecular weight excluding hydrogens is 164 g/mol. The highest BCUT2D eigenvalue weighted by Crippen LogP contribution is 1.85. The van der Waals surface area contributed by atoms with E-state index in [0.717, 1.165) is 12.8 Å². The molecule has 0 fully saturated rings. The largest absolute Gasteiger partial charge is 0.463 e. The first-order chi connectivity index (χ1) is 6.31. The van der Waals surface area contributed by atoms with Crippen molar-refractivity contribution in [3.63, 3.8) is 0 Å². The lowest BCUT2D eigenvalue weighted by Crippen LogP contribution is -1.98. The molecule has 0 heterocycles. The molecule has 0 rings (SSSR count). The average molecular weight is 178 g/mol. The fourth-order valence-electron chi connectivity index (χ4n) is 0.605. The van der Waals surface area contributed by atoms with Crippen molar-refractivity contribution in [1.82, 2.24) is 0 Å². The Bertz CT molecular complexity index is 241. The summed E-state index contributed by atoms with van der Waals surface area (Å²) < 4.78 is 4.66. The molecule has 0 aliphatic carbocycles. The van der Waals surface area contributed by atoms with Crippen LogP contribution in [-0.4, -0.2) is 12.6 Å². The van der Waals surface area contributed by atoms with E-state index in [0.29, 0.717) is 6.61 Å². The smallest absolute Gasteiger partial charge is 0.331 e. The molecule has 0 aromatic heterocycles. The Morgan fingerprint density at radius 3 is 3.00 bits per heavy atom. The summed E-state index contributed by atoms with van der Waals surface area (Å²) in [4.78, 5) is 10.7. The van der Waals surface area contributed by atoms with Crippen LogP contribution in [0.15, 0.2) is 24.8 Å². The van der Waals surface area contributed by atoms with E-state index >= 15 is 0 Å². The Hall–Kier alpha value is -1.49. The van der Waals surface area contributed by atoms with E-state index < -0.39 is 0 Å². The zero-order chi connectivity index (χ0) is 9.94. The molecule has 70 valence electrons. The summed E-state index contributed by atoms with van der Waals surface area (Å²) in [5.74, 6) is 5.25. The number of esters is 1. The molecule has 0 aliphatic rings. The first kappa shape index (κ1) is 11.5. The molecule has 13 heavy (non-hydrogen) atoms. The van der Waals surface area contributed by atoms with Gasteiger partial charge in [0.15, 0.2) is 0 Å². The van der Waals surface area contributed by atoms with Crippen LogP contribution in [0.2, 0.25) is 0 Å². The predicted molar refractivity (Wildman–Crippen MR) is 53.0 cm³/mol. The first-order valence-corrected chi connectivity index (χ1v) is 4.23. The minimum atomic E-state index is -0.347. The number of ether oxygens (including phenoxy) is 1. The van der Waals surface area contributed by atoms with Crippen molar-refractivity contribution < 1.29 is 9.53 Å². The van der Waals surface area contributed by atoms with Gasteiger partial charge in [-0.05, 0) is 19.4 Å². The van der Waals surface area contributed by atoms with Gasteiger partial charge in [0.25, 0.3) is 0 Å². The number of allylic oxidation sites excluding steroid dienone is 2. The maximum Gasteiger partial charge on any atom is 0.331 e. The molecule has 0 amide bonds. The summed E-state index contributed by atoms with van der Waals surface area (Å²) in [6, 6.07) is 0. The molecule has 2 nitrogen and oxygen atoms in total. The van der Waals surface area contributed by atoms with Crippen LogP contribution in [0, 0.1) is 11.8 Å². The molecule has 0 spiro atoms. The van der Waals surface area contributed by atoms with Crippen LogP contribution in [-0.2, 0) is 9.53 Å². The maximum absolute atomic E-state index is 10.7. The predicted octanol–water partition coefficient (Wildman–Crippen LogP) is 2.08. The standard InChI is InChI=1S/C11H14O2/c1-3-5-6-7-8-9-10-11(12)13-4-2/h3,9-10H,1,4-6H2,2H3/b10-9-. The van der Waals surface area contributed by atoms with Crippen molar-refractivity contribution in [2.75, 3.05) is 6.61 Å². The second-order valence-electron chi connectivity index (χ2n) is 2.23. The van der Waals surface area contributed by atoms with Gasteiger partial charge in [-0.1, -0.05) is 17.9 Å². The number of hydrogen-bond acceptors (Lipinski definition) is 2. The van der Waals surface area contributed by atoms with Crippen LogP contribution in [0.1, 0.15) is 19.8 Å². The van der Waals surface area contributed by atoms with E-state index in [1.807, 2.05) is 6.08 Å². The van der Waals surface area contributed by atoms with E-state index in [1.54, 1.807) is 6.92 Å². The van der Waals surface area contributed by atoms with Crippen LogP contribution >= 0.6 is 0 Å². The van der Waals surface area contributed by atoms with Gasteiger partial charge in [0.05, 0.1) is 6.61 Å². The van der Waals surface area contributed by atoms with Gasteiger partial charge in [-0.15, -0.1) is 6.58 Å². The van der Waals surface area contributed by atoms with E-state index in [4.69, 9.17) is 0 Å². The zero-order valence-corrected chi connectivity index (χ0v) is 7.88. The molecule has 0 aromatic rings. The van der Waals surface area contributed by atoms with Gasteiger partial charge in [0.2, 0.25) is 0 Å². The van der Waals surface area contributed by atoms with Crippen molar-refractivity contribution in [2.45, 2.75) is 19.8 Å². The van der Waals surface area contributed by atoms with Crippen molar-refractivity contribution in [3.05, 3.63) is 24.8 Å². The Kier molecular flexibility index (Phi) is 7.62. The van der Waals surface area contributed by atoms with Crippen LogP contribution in [0.5, 0.6) is 0 Å². The Morgan fingerprint density at radius 2 is 2.38 bits per heavy atom. The number of rotatable bonds is 4. The lowest BCUT2D eigenvalue weighted by atomic mass is 10.3. The lowest BCUT2D eigenvalue weighted by Gasteiger charge is -1.91. The number of carbonyl (C=O) groups excluding carboxylic acids is 1. The summed E-state index contributed by atoms with van der Waals surface area (Å²) in [6.07, 6.45) is 6.28. The lowest BCUT2D eigenvalue weighted by molar-refractivity contribution is -0.137. The third-order valence-corrected chi connectivity index (χ3v) is 1.16. The molecule has 2 heteroatoms. The fraction of sp³-hybridized carbons (Fsp3) is 0.364. The third-order valence-electron chi connectivity index (χ3n) is 1.16. The van der Waals surface area contributed by atoms with Crippen molar-refractivity contribution in [3.8, 4) is 11.8 Å². The molecule has 0 N–H and O–H groups in total. The Balaban J connectivity index is 3.64. The van der Waals surface area contributed by atoms with E-state index in [2.05, 4.69) is 23.2 Å². The minimum absolute atomic E-state index is 0.347. The SMILES string of the molecule is C=CCCC#C/C=C\C(=O)OCC. The van der Waals surface area contributed by atoms with Crippen molar-refractivity contribution in [1.29, 1.82) is 0 Å². The van der Waals surface area contributed by atoms with Crippen molar-refractivity contribution in [2.24, 2.45) is 0 Å². The summed E-state index contributed by atoms with van der Waals surface area (Å²) in [6.45, 7) is 5.73. The van der Waals surface area contributed by atoms with Gasteiger partial charge in [-0.25, -0.2) is 4.79 Å². The average Bonchev–Trinajstić information content (AvgIpc) is 2.11.